The van der Waals surface area contributed by atoms with E-state index in [1.807, 2.05) is 0 Å². The van der Waals surface area contributed by atoms with Crippen molar-refractivity contribution < 1.29 is 27.9 Å². The van der Waals surface area contributed by atoms with E-state index in [-0.39, 0.29) is 57.8 Å². The summed E-state index contributed by atoms with van der Waals surface area (Å²) in [7, 11) is 3.59. The van der Waals surface area contributed by atoms with Crippen molar-refractivity contribution in [1.82, 2.24) is 58.6 Å². The fourth-order valence-corrected chi connectivity index (χ4v) is 7.20. The topological polar surface area (TPSA) is 216 Å². The molecule has 18 nitrogen and oxygen atoms in total. The van der Waals surface area contributed by atoms with E-state index in [2.05, 4.69) is 40.1 Å². The highest BCUT2D eigenvalue weighted by Gasteiger charge is 2.23. The first-order chi connectivity index (χ1) is 34.6. The van der Waals surface area contributed by atoms with Crippen LogP contribution in [-0.4, -0.2) is 68.8 Å². The Bertz CT molecular complexity index is 3290. The summed E-state index contributed by atoms with van der Waals surface area (Å²) in [6.07, 6.45) is 9.41. The van der Waals surface area contributed by atoms with Crippen LogP contribution in [0.4, 0.5) is 0 Å². The van der Waals surface area contributed by atoms with Gasteiger partial charge in [0.1, 0.15) is 46.0 Å². The average Bonchev–Trinajstić information content (AvgIpc) is 3.97. The van der Waals surface area contributed by atoms with Gasteiger partial charge in [-0.3, -0.25) is 38.1 Å². The van der Waals surface area contributed by atoms with Crippen LogP contribution in [0.3, 0.4) is 0 Å². The quantitative estimate of drug-likeness (QED) is 0.126. The van der Waals surface area contributed by atoms with Gasteiger partial charge in [0.15, 0.2) is 11.6 Å². The number of halogens is 2. The lowest BCUT2D eigenvalue weighted by Crippen LogP contribution is -2.23. The Hall–Kier alpha value is -7.12. The van der Waals surface area contributed by atoms with Gasteiger partial charge in [-0.2, -0.15) is 10.2 Å². The summed E-state index contributed by atoms with van der Waals surface area (Å²) in [4.78, 5) is 51.8. The van der Waals surface area contributed by atoms with Gasteiger partial charge in [0, 0.05) is 83.0 Å². The predicted octanol–water partition coefficient (Wildman–Crippen LogP) is 7.00. The van der Waals surface area contributed by atoms with E-state index in [0.717, 1.165) is 13.8 Å². The van der Waals surface area contributed by atoms with Gasteiger partial charge in [-0.15, -0.1) is 0 Å². The van der Waals surface area contributed by atoms with Crippen molar-refractivity contribution in [3.63, 3.8) is 0 Å². The second-order valence-corrected chi connectivity index (χ2v) is 16.9. The smallest absolute Gasteiger partial charge is 0.277 e. The Balaban J connectivity index is 0.000000216. The molecule has 0 saturated heterocycles. The summed E-state index contributed by atoms with van der Waals surface area (Å²) < 4.78 is 63.4. The molecule has 0 aromatic carbocycles. The van der Waals surface area contributed by atoms with E-state index in [1.54, 1.807) is 112 Å². The molecule has 0 aliphatic rings. The lowest BCUT2D eigenvalue weighted by atomic mass is 10.1. The van der Waals surface area contributed by atoms with Crippen molar-refractivity contribution in [3.8, 4) is 45.6 Å². The van der Waals surface area contributed by atoms with E-state index in [4.69, 9.17) is 40.9 Å². The maximum absolute atomic E-state index is 13.3. The number of aromatic nitrogens is 12. The number of nitrogens with zero attached hydrogens (tertiary/aromatic N) is 12. The van der Waals surface area contributed by atoms with E-state index in [0.29, 0.717) is 56.7 Å². The van der Waals surface area contributed by atoms with Gasteiger partial charge >= 0.3 is 0 Å². The maximum Gasteiger partial charge on any atom is 0.277 e. The zero-order valence-electron chi connectivity index (χ0n) is 44.1. The molecule has 0 fully saturated rings. The molecule has 20 heteroatoms. The van der Waals surface area contributed by atoms with Crippen LogP contribution in [0.15, 0.2) is 95.3 Å². The van der Waals surface area contributed by atoms with Crippen LogP contribution in [0, 0.1) is 27.7 Å². The Morgan fingerprint density at radius 3 is 1.37 bits per heavy atom. The van der Waals surface area contributed by atoms with Crippen LogP contribution in [0.1, 0.15) is 81.3 Å². The van der Waals surface area contributed by atoms with Gasteiger partial charge in [-0.1, -0.05) is 23.2 Å². The van der Waals surface area contributed by atoms with Gasteiger partial charge in [-0.25, -0.2) is 19.9 Å². The van der Waals surface area contributed by atoms with Crippen molar-refractivity contribution in [1.29, 1.82) is 0 Å². The monoisotopic (exact) mass is 966 g/mol. The first kappa shape index (κ1) is 41.1. The molecule has 2 unspecified atom stereocenters. The molecule has 8 rings (SSSR count). The summed E-state index contributed by atoms with van der Waals surface area (Å²) in [5.74, 6) is -0.0462. The minimum absolute atomic E-state index is 0.0858. The first-order valence-electron chi connectivity index (χ1n) is 23.7. The highest BCUT2D eigenvalue weighted by Crippen LogP contribution is 2.30. The molecule has 2 N–H and O–H groups in total. The molecule has 2 atom stereocenters. The Kier molecular flexibility index (Phi) is 11.9. The van der Waals surface area contributed by atoms with Crippen LogP contribution < -0.4 is 20.6 Å². The van der Waals surface area contributed by atoms with Crippen molar-refractivity contribution in [3.05, 3.63) is 162 Å². The van der Waals surface area contributed by atoms with Gasteiger partial charge in [0.2, 0.25) is 0 Å². The molecule has 0 bridgehead atoms. The van der Waals surface area contributed by atoms with Crippen LogP contribution in [0.5, 0.6) is 11.5 Å². The lowest BCUT2D eigenvalue weighted by molar-refractivity contribution is 0.0683. The molecule has 8 aromatic rings. The highest BCUT2D eigenvalue weighted by molar-refractivity contribution is 6.32. The van der Waals surface area contributed by atoms with Crippen LogP contribution in [0.25, 0.3) is 34.2 Å². The molecular weight excluding hydrogens is 912 g/mol. The third kappa shape index (κ3) is 10.8. The Morgan fingerprint density at radius 2 is 1.01 bits per heavy atom. The van der Waals surface area contributed by atoms with Crippen molar-refractivity contribution in [2.24, 2.45) is 14.1 Å². The van der Waals surface area contributed by atoms with Gasteiger partial charge in [-0.05, 0) is 103 Å². The van der Waals surface area contributed by atoms with E-state index in [9.17, 15) is 19.8 Å². The number of rotatable bonds is 12. The molecular formula is C48H50Cl2N12O6. The number of pyridine rings is 4. The summed E-state index contributed by atoms with van der Waals surface area (Å²) in [6.45, 7) is 4.19. The minimum atomic E-state index is -2.74. The molecule has 0 amide bonds. The van der Waals surface area contributed by atoms with Crippen LogP contribution in [-0.2, 0) is 38.5 Å². The summed E-state index contributed by atoms with van der Waals surface area (Å²) >= 11 is 12.8. The number of aryl methyl sites for hydroxylation is 6. The summed E-state index contributed by atoms with van der Waals surface area (Å²) in [5.41, 5.74) is 0.697. The molecule has 0 saturated carbocycles. The summed E-state index contributed by atoms with van der Waals surface area (Å²) in [5, 5.41) is 29.4. The Labute approximate surface area is 410 Å². The molecule has 352 valence electrons. The van der Waals surface area contributed by atoms with Crippen molar-refractivity contribution in [2.45, 2.75) is 79.7 Å². The number of hydrogen-bond donors (Lipinski definition) is 2. The van der Waals surface area contributed by atoms with Gasteiger partial charge < -0.3 is 19.7 Å². The molecule has 0 spiro atoms. The highest BCUT2D eigenvalue weighted by atomic mass is 35.5. The molecule has 68 heavy (non-hydrogen) atoms. The lowest BCUT2D eigenvalue weighted by Gasteiger charge is -2.17. The van der Waals surface area contributed by atoms with E-state index < -0.39 is 36.0 Å². The largest absolute Gasteiger partial charge is 0.485 e. The van der Waals surface area contributed by atoms with Crippen molar-refractivity contribution in [2.75, 3.05) is 0 Å². The fourth-order valence-electron chi connectivity index (χ4n) is 6.82. The number of aliphatic hydroxyl groups is 2. The zero-order chi connectivity index (χ0) is 54.2. The molecule has 8 aromatic heterocycles. The number of ether oxygens (including phenoxy) is 2. The predicted molar refractivity (Wildman–Crippen MR) is 256 cm³/mol. The third-order valence-corrected chi connectivity index (χ3v) is 10.9. The molecule has 0 aliphatic heterocycles. The van der Waals surface area contributed by atoms with Crippen LogP contribution >= 0.6 is 23.2 Å². The first-order valence-corrected chi connectivity index (χ1v) is 21.5. The average molecular weight is 968 g/mol. The minimum Gasteiger partial charge on any atom is -0.485 e. The van der Waals surface area contributed by atoms with Crippen LogP contribution in [0.2, 0.25) is 10.0 Å². The molecule has 8 heterocycles. The standard InChI is InChI=1S/2C24H25ClN6O3/c2*1-14-12-27-18(17-6-8-26-23(28-17)24(3,4)33)11-19(14)31-15(2)10-20(21(25)22(31)32)34-13-16-7-9-30(5)29-16/h2*6-12,33H,13H2,1-5H3/i2*3D3. The number of hydrogen-bond acceptors (Lipinski definition) is 14. The third-order valence-electron chi connectivity index (χ3n) is 10.2. The second-order valence-electron chi connectivity index (χ2n) is 16.1. The van der Waals surface area contributed by atoms with Gasteiger partial charge in [0.05, 0.1) is 45.5 Å². The molecule has 0 aliphatic carbocycles. The summed E-state index contributed by atoms with van der Waals surface area (Å²) in [6, 6.07) is 13.3. The Morgan fingerprint density at radius 1 is 0.618 bits per heavy atom. The second kappa shape index (κ2) is 19.6. The van der Waals surface area contributed by atoms with E-state index >= 15 is 0 Å². The van der Waals surface area contributed by atoms with E-state index in [1.165, 1.54) is 33.7 Å². The maximum atomic E-state index is 13.3. The van der Waals surface area contributed by atoms with Gasteiger partial charge in [0.25, 0.3) is 11.1 Å². The zero-order valence-corrected chi connectivity index (χ0v) is 39.7. The fraction of sp³-hybridized carbons (Fsp3) is 0.292. The molecule has 0 radical (unpaired) electrons. The normalized spacial score (nSPS) is 14.7. The SMILES string of the molecule is [2H]C([2H])([2H])C(C)(O)c1nccc(-c2cc(-n3c(C)cc(OCc4ccn(C)n4)c(Cl)c3=O)c(C)cn2)n1.[2H]C([2H])([2H])C(C)(O)c1nccc(-c2cc(-n3c(C)cc(OCc4ccn(C)n4)c(Cl)c3=O)c(C)cn2)n1. The van der Waals surface area contributed by atoms with Crippen molar-refractivity contribution >= 4 is 23.2 Å².